The van der Waals surface area contributed by atoms with E-state index in [4.69, 9.17) is 5.73 Å². The maximum absolute atomic E-state index is 5.64. The van der Waals surface area contributed by atoms with Gasteiger partial charge in [-0.05, 0) is 32.9 Å². The summed E-state index contributed by atoms with van der Waals surface area (Å²) < 4.78 is 0. The molecule has 2 N–H and O–H groups in total. The van der Waals surface area contributed by atoms with Crippen molar-refractivity contribution < 1.29 is 0 Å². The molecule has 15 heavy (non-hydrogen) atoms. The lowest BCUT2D eigenvalue weighted by atomic mass is 10.4. The molecule has 1 aliphatic rings. The van der Waals surface area contributed by atoms with Crippen molar-refractivity contribution >= 4 is 11.3 Å². The lowest BCUT2D eigenvalue weighted by Gasteiger charge is -2.12. The lowest BCUT2D eigenvalue weighted by Crippen LogP contribution is -2.21. The van der Waals surface area contributed by atoms with Gasteiger partial charge in [0.15, 0.2) is 0 Å². The van der Waals surface area contributed by atoms with Crippen molar-refractivity contribution in [2.45, 2.75) is 32.7 Å². The van der Waals surface area contributed by atoms with Gasteiger partial charge in [-0.1, -0.05) is 0 Å². The first kappa shape index (κ1) is 11.0. The highest BCUT2D eigenvalue weighted by atomic mass is 32.1. The summed E-state index contributed by atoms with van der Waals surface area (Å²) in [7, 11) is 0. The maximum Gasteiger partial charge on any atom is 0.0944 e. The van der Waals surface area contributed by atoms with Crippen LogP contribution >= 0.6 is 11.3 Å². The largest absolute Gasteiger partial charge is 0.326 e. The van der Waals surface area contributed by atoms with Gasteiger partial charge in [0.05, 0.1) is 10.7 Å². The third-order valence-electron chi connectivity index (χ3n) is 2.96. The van der Waals surface area contributed by atoms with Gasteiger partial charge in [0, 0.05) is 24.4 Å². The summed E-state index contributed by atoms with van der Waals surface area (Å²) in [6, 6.07) is 0. The predicted octanol–water partition coefficient (Wildman–Crippen LogP) is 1.55. The molecule has 0 aliphatic carbocycles. The van der Waals surface area contributed by atoms with E-state index in [-0.39, 0.29) is 0 Å². The molecule has 0 atom stereocenters. The van der Waals surface area contributed by atoms with Gasteiger partial charge in [-0.25, -0.2) is 4.98 Å². The lowest BCUT2D eigenvalue weighted by molar-refractivity contribution is 0.343. The van der Waals surface area contributed by atoms with Crippen LogP contribution < -0.4 is 5.73 Å². The molecule has 0 radical (unpaired) electrons. The Morgan fingerprint density at radius 3 is 2.73 bits per heavy atom. The average Bonchev–Trinajstić information content (AvgIpc) is 2.83. The molecular formula is C11H19N3S. The van der Waals surface area contributed by atoms with E-state index < -0.39 is 0 Å². The second-order valence-electron chi connectivity index (χ2n) is 4.12. The number of nitrogens with two attached hydrogens (primary N) is 1. The Labute approximate surface area is 95.3 Å². The third kappa shape index (κ3) is 2.77. The fourth-order valence-corrected chi connectivity index (χ4v) is 2.98. The third-order valence-corrected chi connectivity index (χ3v) is 4.20. The molecule has 0 unspecified atom stereocenters. The second kappa shape index (κ2) is 5.05. The molecule has 1 saturated heterocycles. The van der Waals surface area contributed by atoms with Gasteiger partial charge in [0.1, 0.15) is 0 Å². The van der Waals surface area contributed by atoms with E-state index in [2.05, 4.69) is 16.8 Å². The molecule has 0 spiro atoms. The van der Waals surface area contributed by atoms with E-state index in [0.29, 0.717) is 6.54 Å². The molecule has 0 aromatic carbocycles. The summed E-state index contributed by atoms with van der Waals surface area (Å²) in [4.78, 5) is 8.32. The minimum absolute atomic E-state index is 0.632. The molecule has 2 rings (SSSR count). The standard InChI is InChI=1S/C11H19N3S/c1-9-10(8-12)15-11(13-9)4-7-14-5-2-3-6-14/h2-8,12H2,1H3. The molecule has 1 aromatic heterocycles. The molecule has 4 heteroatoms. The average molecular weight is 225 g/mol. The zero-order chi connectivity index (χ0) is 10.7. The number of rotatable bonds is 4. The van der Waals surface area contributed by atoms with Gasteiger partial charge in [0.25, 0.3) is 0 Å². The molecule has 2 heterocycles. The van der Waals surface area contributed by atoms with Crippen LogP contribution in [0.2, 0.25) is 0 Å². The van der Waals surface area contributed by atoms with Crippen LogP contribution in [0.25, 0.3) is 0 Å². The zero-order valence-electron chi connectivity index (χ0n) is 9.33. The summed E-state index contributed by atoms with van der Waals surface area (Å²) >= 11 is 1.78. The SMILES string of the molecule is Cc1nc(CCN2CCCC2)sc1CN. The Morgan fingerprint density at radius 1 is 1.40 bits per heavy atom. The molecule has 0 amide bonds. The highest BCUT2D eigenvalue weighted by molar-refractivity contribution is 7.11. The molecular weight excluding hydrogens is 206 g/mol. The molecule has 84 valence electrons. The van der Waals surface area contributed by atoms with E-state index in [1.165, 1.54) is 35.8 Å². The maximum atomic E-state index is 5.64. The highest BCUT2D eigenvalue weighted by Crippen LogP contribution is 2.18. The number of aryl methyl sites for hydroxylation is 1. The van der Waals surface area contributed by atoms with Gasteiger partial charge in [-0.3, -0.25) is 0 Å². The topological polar surface area (TPSA) is 42.2 Å². The summed E-state index contributed by atoms with van der Waals surface area (Å²) in [6.45, 7) is 6.39. The van der Waals surface area contributed by atoms with Crippen molar-refractivity contribution in [3.63, 3.8) is 0 Å². The summed E-state index contributed by atoms with van der Waals surface area (Å²) in [6.07, 6.45) is 3.82. The van der Waals surface area contributed by atoms with E-state index in [0.717, 1.165) is 18.7 Å². The normalized spacial score (nSPS) is 17.5. The monoisotopic (exact) mass is 225 g/mol. The zero-order valence-corrected chi connectivity index (χ0v) is 10.1. The van der Waals surface area contributed by atoms with Crippen LogP contribution in [-0.2, 0) is 13.0 Å². The summed E-state index contributed by atoms with van der Waals surface area (Å²) in [5.74, 6) is 0. The van der Waals surface area contributed by atoms with Gasteiger partial charge in [-0.15, -0.1) is 11.3 Å². The Bertz CT molecular complexity index is 316. The van der Waals surface area contributed by atoms with Crippen LogP contribution in [0.5, 0.6) is 0 Å². The first-order valence-electron chi connectivity index (χ1n) is 5.67. The van der Waals surface area contributed by atoms with Crippen molar-refractivity contribution in [1.29, 1.82) is 0 Å². The van der Waals surface area contributed by atoms with Crippen molar-refractivity contribution in [3.05, 3.63) is 15.6 Å². The molecule has 1 aliphatic heterocycles. The van der Waals surface area contributed by atoms with E-state index >= 15 is 0 Å². The van der Waals surface area contributed by atoms with Crippen molar-refractivity contribution in [1.82, 2.24) is 9.88 Å². The van der Waals surface area contributed by atoms with E-state index in [1.807, 2.05) is 0 Å². The van der Waals surface area contributed by atoms with Crippen LogP contribution in [0.1, 0.15) is 28.4 Å². The van der Waals surface area contributed by atoms with Crippen LogP contribution in [0.4, 0.5) is 0 Å². The van der Waals surface area contributed by atoms with Gasteiger partial charge in [-0.2, -0.15) is 0 Å². The molecule has 3 nitrogen and oxygen atoms in total. The van der Waals surface area contributed by atoms with Crippen molar-refractivity contribution in [2.75, 3.05) is 19.6 Å². The number of hydrogen-bond donors (Lipinski definition) is 1. The Morgan fingerprint density at radius 2 is 2.13 bits per heavy atom. The Hall–Kier alpha value is -0.450. The van der Waals surface area contributed by atoms with Crippen LogP contribution in [0.15, 0.2) is 0 Å². The van der Waals surface area contributed by atoms with E-state index in [1.54, 1.807) is 11.3 Å². The number of thiazole rings is 1. The second-order valence-corrected chi connectivity index (χ2v) is 5.29. The first-order valence-corrected chi connectivity index (χ1v) is 6.49. The summed E-state index contributed by atoms with van der Waals surface area (Å²) in [5.41, 5.74) is 6.77. The minimum atomic E-state index is 0.632. The number of likely N-dealkylation sites (tertiary alicyclic amines) is 1. The van der Waals surface area contributed by atoms with Gasteiger partial charge < -0.3 is 10.6 Å². The smallest absolute Gasteiger partial charge is 0.0944 e. The minimum Gasteiger partial charge on any atom is -0.326 e. The predicted molar refractivity (Wildman–Crippen MR) is 64.1 cm³/mol. The van der Waals surface area contributed by atoms with Gasteiger partial charge in [0.2, 0.25) is 0 Å². The molecule has 1 aromatic rings. The number of hydrogen-bond acceptors (Lipinski definition) is 4. The summed E-state index contributed by atoms with van der Waals surface area (Å²) in [5, 5.41) is 1.25. The van der Waals surface area contributed by atoms with Crippen LogP contribution in [0, 0.1) is 6.92 Å². The number of nitrogens with zero attached hydrogens (tertiary/aromatic N) is 2. The highest BCUT2D eigenvalue weighted by Gasteiger charge is 2.12. The molecule has 0 bridgehead atoms. The van der Waals surface area contributed by atoms with Crippen LogP contribution in [0.3, 0.4) is 0 Å². The quantitative estimate of drug-likeness (QED) is 0.845. The Balaban J connectivity index is 1.87. The van der Waals surface area contributed by atoms with E-state index in [9.17, 15) is 0 Å². The molecule has 1 fully saturated rings. The van der Waals surface area contributed by atoms with Crippen molar-refractivity contribution in [3.8, 4) is 0 Å². The van der Waals surface area contributed by atoms with Gasteiger partial charge >= 0.3 is 0 Å². The Kier molecular flexibility index (Phi) is 3.72. The fourth-order valence-electron chi connectivity index (χ4n) is 2.04. The van der Waals surface area contributed by atoms with Crippen molar-refractivity contribution in [2.24, 2.45) is 5.73 Å². The molecule has 0 saturated carbocycles. The first-order chi connectivity index (χ1) is 7.29. The van der Waals surface area contributed by atoms with Crippen LogP contribution in [-0.4, -0.2) is 29.5 Å². The number of aromatic nitrogens is 1. The fraction of sp³-hybridized carbons (Fsp3) is 0.727.